The lowest BCUT2D eigenvalue weighted by Gasteiger charge is -2.10. The third kappa shape index (κ3) is 3.67. The second kappa shape index (κ2) is 5.46. The van der Waals surface area contributed by atoms with Crippen molar-refractivity contribution < 1.29 is 14.3 Å². The van der Waals surface area contributed by atoms with E-state index in [0.29, 0.717) is 12.8 Å². The van der Waals surface area contributed by atoms with Gasteiger partial charge in [-0.15, -0.1) is 0 Å². The van der Waals surface area contributed by atoms with Gasteiger partial charge in [0.15, 0.2) is 0 Å². The Kier molecular flexibility index (Phi) is 4.24. The van der Waals surface area contributed by atoms with Crippen LogP contribution in [0.4, 0.5) is 4.39 Å². The van der Waals surface area contributed by atoms with Gasteiger partial charge in [0.05, 0.1) is 0 Å². The van der Waals surface area contributed by atoms with Crippen LogP contribution in [0.25, 0.3) is 0 Å². The van der Waals surface area contributed by atoms with Gasteiger partial charge in [0.25, 0.3) is 0 Å². The number of rotatable bonds is 5. The molecule has 0 radical (unpaired) electrons. The number of carbonyl (C=O) groups is 1. The van der Waals surface area contributed by atoms with Crippen molar-refractivity contribution in [2.45, 2.75) is 18.9 Å². The first-order valence-corrected chi connectivity index (χ1v) is 4.78. The molecule has 0 saturated carbocycles. The van der Waals surface area contributed by atoms with Gasteiger partial charge in [-0.3, -0.25) is 4.79 Å². The molecule has 0 aliphatic heterocycles. The summed E-state index contributed by atoms with van der Waals surface area (Å²) in [5.74, 6) is -1.14. The van der Waals surface area contributed by atoms with E-state index in [1.165, 1.54) is 12.1 Å². The fourth-order valence-electron chi connectivity index (χ4n) is 1.35. The van der Waals surface area contributed by atoms with Gasteiger partial charge < -0.3 is 10.4 Å². The maximum absolute atomic E-state index is 12.6. The highest BCUT2D eigenvalue weighted by Crippen LogP contribution is 2.07. The maximum Gasteiger partial charge on any atom is 0.320 e. The highest BCUT2D eigenvalue weighted by atomic mass is 19.1. The standard InChI is InChI=1S/C11H14FNO2/c1-13-10(11(14)15)7-4-8-2-5-9(12)6-3-8/h2-3,5-6,10,13H,4,7H2,1H3,(H,14,15). The Morgan fingerprint density at radius 3 is 2.53 bits per heavy atom. The highest BCUT2D eigenvalue weighted by Gasteiger charge is 2.13. The van der Waals surface area contributed by atoms with E-state index in [4.69, 9.17) is 5.11 Å². The van der Waals surface area contributed by atoms with Crippen molar-refractivity contribution in [1.29, 1.82) is 0 Å². The zero-order valence-electron chi connectivity index (χ0n) is 8.53. The molecule has 1 unspecified atom stereocenters. The van der Waals surface area contributed by atoms with Crippen molar-refractivity contribution in [3.63, 3.8) is 0 Å². The minimum absolute atomic E-state index is 0.276. The number of nitrogens with one attached hydrogen (secondary N) is 1. The molecule has 0 fully saturated rings. The summed E-state index contributed by atoms with van der Waals surface area (Å²) in [6, 6.07) is 5.55. The van der Waals surface area contributed by atoms with Crippen molar-refractivity contribution in [3.05, 3.63) is 35.6 Å². The summed E-state index contributed by atoms with van der Waals surface area (Å²) < 4.78 is 12.6. The van der Waals surface area contributed by atoms with Gasteiger partial charge in [-0.05, 0) is 37.6 Å². The predicted molar refractivity (Wildman–Crippen MR) is 55.2 cm³/mol. The molecule has 15 heavy (non-hydrogen) atoms. The first kappa shape index (κ1) is 11.7. The number of benzene rings is 1. The van der Waals surface area contributed by atoms with Gasteiger partial charge >= 0.3 is 5.97 Å². The second-order valence-corrected chi connectivity index (χ2v) is 3.34. The SMILES string of the molecule is CNC(CCc1ccc(F)cc1)C(=O)O. The van der Waals surface area contributed by atoms with Crippen molar-refractivity contribution in [2.24, 2.45) is 0 Å². The molecule has 0 aliphatic rings. The summed E-state index contributed by atoms with van der Waals surface area (Å²) in [4.78, 5) is 10.7. The Balaban J connectivity index is 2.49. The van der Waals surface area contributed by atoms with Crippen LogP contribution in [0, 0.1) is 5.82 Å². The number of hydrogen-bond donors (Lipinski definition) is 2. The van der Waals surface area contributed by atoms with Gasteiger partial charge in [-0.2, -0.15) is 0 Å². The number of halogens is 1. The third-order valence-electron chi connectivity index (χ3n) is 2.28. The lowest BCUT2D eigenvalue weighted by atomic mass is 10.1. The number of hydrogen-bond acceptors (Lipinski definition) is 2. The zero-order valence-corrected chi connectivity index (χ0v) is 8.53. The molecule has 1 rings (SSSR count). The first-order chi connectivity index (χ1) is 7.13. The van der Waals surface area contributed by atoms with Gasteiger partial charge in [0, 0.05) is 0 Å². The van der Waals surface area contributed by atoms with Crippen LogP contribution in [-0.2, 0) is 11.2 Å². The fraction of sp³-hybridized carbons (Fsp3) is 0.364. The van der Waals surface area contributed by atoms with Crippen LogP contribution >= 0.6 is 0 Å². The minimum atomic E-state index is -0.861. The van der Waals surface area contributed by atoms with E-state index in [1.807, 2.05) is 0 Å². The number of aliphatic carboxylic acids is 1. The quantitative estimate of drug-likeness (QED) is 0.774. The molecule has 0 saturated heterocycles. The highest BCUT2D eigenvalue weighted by molar-refractivity contribution is 5.73. The Bertz CT molecular complexity index is 324. The van der Waals surface area contributed by atoms with Crippen LogP contribution in [-0.4, -0.2) is 24.2 Å². The number of carboxylic acid groups (broad SMARTS) is 1. The van der Waals surface area contributed by atoms with E-state index >= 15 is 0 Å². The van der Waals surface area contributed by atoms with Crippen molar-refractivity contribution in [3.8, 4) is 0 Å². The Hall–Kier alpha value is -1.42. The fourth-order valence-corrected chi connectivity index (χ4v) is 1.35. The summed E-state index contributed by atoms with van der Waals surface area (Å²) in [6.07, 6.45) is 1.12. The molecule has 1 aromatic rings. The van der Waals surface area contributed by atoms with Gasteiger partial charge in [0.1, 0.15) is 11.9 Å². The van der Waals surface area contributed by atoms with Crippen LogP contribution in [0.15, 0.2) is 24.3 Å². The van der Waals surface area contributed by atoms with E-state index in [-0.39, 0.29) is 5.82 Å². The molecule has 4 heteroatoms. The predicted octanol–water partition coefficient (Wildman–Crippen LogP) is 1.43. The first-order valence-electron chi connectivity index (χ1n) is 4.78. The molecule has 0 bridgehead atoms. The summed E-state index contributed by atoms with van der Waals surface area (Å²) in [5.41, 5.74) is 0.943. The van der Waals surface area contributed by atoms with E-state index in [1.54, 1.807) is 19.2 Å². The molecule has 1 atom stereocenters. The van der Waals surface area contributed by atoms with Crippen LogP contribution < -0.4 is 5.32 Å². The molecule has 1 aromatic carbocycles. The minimum Gasteiger partial charge on any atom is -0.480 e. The third-order valence-corrected chi connectivity index (χ3v) is 2.28. The zero-order chi connectivity index (χ0) is 11.3. The van der Waals surface area contributed by atoms with Gasteiger partial charge in [-0.25, -0.2) is 4.39 Å². The topological polar surface area (TPSA) is 49.3 Å². The molecule has 0 amide bonds. The van der Waals surface area contributed by atoms with E-state index < -0.39 is 12.0 Å². The smallest absolute Gasteiger partial charge is 0.320 e. The van der Waals surface area contributed by atoms with Crippen LogP contribution in [0.3, 0.4) is 0 Å². The normalized spacial score (nSPS) is 12.4. The maximum atomic E-state index is 12.6. The Morgan fingerprint density at radius 1 is 1.47 bits per heavy atom. The summed E-state index contributed by atoms with van der Waals surface area (Å²) in [7, 11) is 1.61. The summed E-state index contributed by atoms with van der Waals surface area (Å²) in [6.45, 7) is 0. The monoisotopic (exact) mass is 211 g/mol. The molecule has 0 aliphatic carbocycles. The average molecular weight is 211 g/mol. The lowest BCUT2D eigenvalue weighted by molar-refractivity contribution is -0.139. The van der Waals surface area contributed by atoms with Gasteiger partial charge in [-0.1, -0.05) is 12.1 Å². The molecular formula is C11H14FNO2. The second-order valence-electron chi connectivity index (χ2n) is 3.34. The molecule has 0 aromatic heterocycles. The molecule has 0 heterocycles. The van der Waals surface area contributed by atoms with Crippen molar-refractivity contribution >= 4 is 5.97 Å². The molecule has 2 N–H and O–H groups in total. The van der Waals surface area contributed by atoms with E-state index in [9.17, 15) is 9.18 Å². The molecule has 0 spiro atoms. The van der Waals surface area contributed by atoms with Gasteiger partial charge in [0.2, 0.25) is 0 Å². The van der Waals surface area contributed by atoms with E-state index in [0.717, 1.165) is 5.56 Å². The summed E-state index contributed by atoms with van der Waals surface area (Å²) in [5, 5.41) is 11.5. The summed E-state index contributed by atoms with van der Waals surface area (Å²) >= 11 is 0. The van der Waals surface area contributed by atoms with Crippen LogP contribution in [0.2, 0.25) is 0 Å². The van der Waals surface area contributed by atoms with Crippen LogP contribution in [0.1, 0.15) is 12.0 Å². The Labute approximate surface area is 87.9 Å². The average Bonchev–Trinajstić information content (AvgIpc) is 2.21. The molecule has 82 valence electrons. The van der Waals surface area contributed by atoms with Crippen LogP contribution in [0.5, 0.6) is 0 Å². The van der Waals surface area contributed by atoms with Crippen molar-refractivity contribution in [2.75, 3.05) is 7.05 Å². The number of carboxylic acids is 1. The molecular weight excluding hydrogens is 197 g/mol. The van der Waals surface area contributed by atoms with Crippen molar-refractivity contribution in [1.82, 2.24) is 5.32 Å². The number of aryl methyl sites for hydroxylation is 1. The molecule has 3 nitrogen and oxygen atoms in total. The largest absolute Gasteiger partial charge is 0.480 e. The lowest BCUT2D eigenvalue weighted by Crippen LogP contribution is -2.34. The number of likely N-dealkylation sites (N-methyl/N-ethyl adjacent to an activating group) is 1. The Morgan fingerprint density at radius 2 is 2.07 bits per heavy atom. The van der Waals surface area contributed by atoms with E-state index in [2.05, 4.69) is 5.32 Å².